The summed E-state index contributed by atoms with van der Waals surface area (Å²) in [5.74, 6) is -1.69. The number of aromatic amines is 1. The number of aromatic nitrogens is 2. The lowest BCUT2D eigenvalue weighted by molar-refractivity contribution is -0.147. The summed E-state index contributed by atoms with van der Waals surface area (Å²) in [6, 6.07) is 7.81. The molecule has 4 N–H and O–H groups in total. The fourth-order valence-corrected chi connectivity index (χ4v) is 2.15. The van der Waals surface area contributed by atoms with Crippen molar-refractivity contribution in [3.05, 3.63) is 41.6 Å². The minimum atomic E-state index is -1.28. The Bertz CT molecular complexity index is 710. The third kappa shape index (κ3) is 4.18. The molecule has 0 saturated carbocycles. The van der Waals surface area contributed by atoms with Crippen molar-refractivity contribution >= 4 is 11.9 Å². The molecule has 2 rings (SSSR count). The van der Waals surface area contributed by atoms with E-state index in [2.05, 4.69) is 10.2 Å². The van der Waals surface area contributed by atoms with Crippen molar-refractivity contribution in [2.24, 2.45) is 0 Å². The Morgan fingerprint density at radius 3 is 2.46 bits per heavy atom. The number of ether oxygens (including phenoxy) is 1. The standard InChI is InChI=1S/C16H18N2O6/c1-2-24-14(20)8-13(19)15(21)10-5-3-9(4-6-10)11-7-12(16(22)23)18-17-11/h3-7,13,15,19,21H,2,8H2,1H3,(H,17,18)(H,22,23). The van der Waals surface area contributed by atoms with Gasteiger partial charge in [-0.25, -0.2) is 4.79 Å². The molecule has 8 heteroatoms. The predicted octanol–water partition coefficient (Wildman–Crippen LogP) is 1.12. The van der Waals surface area contributed by atoms with Crippen molar-refractivity contribution in [1.29, 1.82) is 0 Å². The van der Waals surface area contributed by atoms with Crippen molar-refractivity contribution in [3.8, 4) is 11.3 Å². The molecule has 2 aromatic rings. The van der Waals surface area contributed by atoms with Gasteiger partial charge >= 0.3 is 11.9 Å². The van der Waals surface area contributed by atoms with E-state index in [1.54, 1.807) is 31.2 Å². The number of carboxylic acid groups (broad SMARTS) is 1. The maximum absolute atomic E-state index is 11.3. The normalized spacial score (nSPS) is 13.3. The molecule has 0 bridgehead atoms. The molecule has 128 valence electrons. The van der Waals surface area contributed by atoms with Crippen molar-refractivity contribution in [1.82, 2.24) is 10.2 Å². The van der Waals surface area contributed by atoms with E-state index in [0.29, 0.717) is 16.8 Å². The monoisotopic (exact) mass is 334 g/mol. The quantitative estimate of drug-likeness (QED) is 0.558. The second-order valence-corrected chi connectivity index (χ2v) is 5.12. The molecule has 0 amide bonds. The highest BCUT2D eigenvalue weighted by molar-refractivity contribution is 5.86. The van der Waals surface area contributed by atoms with Crippen LogP contribution in [0.1, 0.15) is 35.5 Å². The van der Waals surface area contributed by atoms with E-state index in [-0.39, 0.29) is 18.7 Å². The molecule has 1 aromatic carbocycles. The fraction of sp³-hybridized carbons (Fsp3) is 0.312. The molecule has 24 heavy (non-hydrogen) atoms. The second kappa shape index (κ2) is 7.71. The van der Waals surface area contributed by atoms with Crippen molar-refractivity contribution < 1.29 is 29.6 Å². The van der Waals surface area contributed by atoms with Gasteiger partial charge in [0.1, 0.15) is 11.8 Å². The molecule has 0 fully saturated rings. The lowest BCUT2D eigenvalue weighted by Gasteiger charge is -2.17. The first-order chi connectivity index (χ1) is 11.4. The number of esters is 1. The van der Waals surface area contributed by atoms with Gasteiger partial charge in [-0.1, -0.05) is 24.3 Å². The molecule has 0 saturated heterocycles. The Morgan fingerprint density at radius 1 is 1.25 bits per heavy atom. The third-order valence-corrected chi connectivity index (χ3v) is 3.40. The molecule has 0 aliphatic heterocycles. The Hall–Kier alpha value is -2.71. The van der Waals surface area contributed by atoms with Crippen LogP contribution in [-0.2, 0) is 9.53 Å². The van der Waals surface area contributed by atoms with Crippen LogP contribution in [0.3, 0.4) is 0 Å². The van der Waals surface area contributed by atoms with Crippen LogP contribution in [0.4, 0.5) is 0 Å². The number of rotatable bonds is 7. The maximum atomic E-state index is 11.3. The van der Waals surface area contributed by atoms with Crippen molar-refractivity contribution in [2.45, 2.75) is 25.6 Å². The van der Waals surface area contributed by atoms with Crippen LogP contribution in [-0.4, -0.2) is 50.2 Å². The predicted molar refractivity (Wildman–Crippen MR) is 83.2 cm³/mol. The topological polar surface area (TPSA) is 133 Å². The lowest BCUT2D eigenvalue weighted by atomic mass is 10.00. The summed E-state index contributed by atoms with van der Waals surface area (Å²) in [6.45, 7) is 1.86. The molecule has 8 nitrogen and oxygen atoms in total. The molecule has 1 heterocycles. The largest absolute Gasteiger partial charge is 0.477 e. The Morgan fingerprint density at radius 2 is 1.92 bits per heavy atom. The fourth-order valence-electron chi connectivity index (χ4n) is 2.15. The number of hydrogen-bond donors (Lipinski definition) is 4. The zero-order chi connectivity index (χ0) is 17.7. The van der Waals surface area contributed by atoms with Gasteiger partial charge in [0, 0.05) is 5.56 Å². The number of nitrogens with one attached hydrogen (secondary N) is 1. The molecule has 2 unspecified atom stereocenters. The van der Waals surface area contributed by atoms with E-state index in [9.17, 15) is 19.8 Å². The number of aliphatic hydroxyl groups excluding tert-OH is 2. The smallest absolute Gasteiger partial charge is 0.353 e. The zero-order valence-electron chi connectivity index (χ0n) is 13.0. The molecule has 0 radical (unpaired) electrons. The SMILES string of the molecule is CCOC(=O)CC(O)C(O)c1ccc(-c2cc(C(=O)O)[nH]n2)cc1. The minimum Gasteiger partial charge on any atom is -0.477 e. The van der Waals surface area contributed by atoms with Crippen LogP contribution >= 0.6 is 0 Å². The van der Waals surface area contributed by atoms with E-state index in [1.165, 1.54) is 6.07 Å². The van der Waals surface area contributed by atoms with Gasteiger partial charge in [-0.2, -0.15) is 5.10 Å². The van der Waals surface area contributed by atoms with Gasteiger partial charge in [-0.05, 0) is 18.6 Å². The van der Waals surface area contributed by atoms with Gasteiger partial charge < -0.3 is 20.1 Å². The highest BCUT2D eigenvalue weighted by Gasteiger charge is 2.22. The first-order valence-corrected chi connectivity index (χ1v) is 7.33. The van der Waals surface area contributed by atoms with Gasteiger partial charge in [-0.15, -0.1) is 0 Å². The van der Waals surface area contributed by atoms with Gasteiger partial charge in [0.2, 0.25) is 0 Å². The van der Waals surface area contributed by atoms with Crippen LogP contribution in [0, 0.1) is 0 Å². The Balaban J connectivity index is 2.07. The molecule has 0 spiro atoms. The first kappa shape index (κ1) is 17.6. The second-order valence-electron chi connectivity index (χ2n) is 5.12. The van der Waals surface area contributed by atoms with Gasteiger partial charge in [-0.3, -0.25) is 9.89 Å². The number of aromatic carboxylic acids is 1. The molecule has 2 atom stereocenters. The number of benzene rings is 1. The van der Waals surface area contributed by atoms with Crippen LogP contribution in [0.15, 0.2) is 30.3 Å². The number of hydrogen-bond acceptors (Lipinski definition) is 6. The third-order valence-electron chi connectivity index (χ3n) is 3.40. The van der Waals surface area contributed by atoms with Gasteiger partial charge in [0.25, 0.3) is 0 Å². The van der Waals surface area contributed by atoms with Crippen molar-refractivity contribution in [2.75, 3.05) is 6.61 Å². The summed E-state index contributed by atoms with van der Waals surface area (Å²) < 4.78 is 4.73. The summed E-state index contributed by atoms with van der Waals surface area (Å²) in [5, 5.41) is 35.1. The number of carbonyl (C=O) groups is 2. The van der Waals surface area contributed by atoms with E-state index in [1.807, 2.05) is 0 Å². The number of nitrogens with zero attached hydrogens (tertiary/aromatic N) is 1. The van der Waals surface area contributed by atoms with Gasteiger partial charge in [0.05, 0.1) is 24.8 Å². The highest BCUT2D eigenvalue weighted by Crippen LogP contribution is 2.24. The Labute approximate surface area is 137 Å². The minimum absolute atomic E-state index is 0.0287. The molecular weight excluding hydrogens is 316 g/mol. The van der Waals surface area contributed by atoms with E-state index in [4.69, 9.17) is 9.84 Å². The first-order valence-electron chi connectivity index (χ1n) is 7.33. The summed E-state index contributed by atoms with van der Waals surface area (Å²) in [7, 11) is 0. The lowest BCUT2D eigenvalue weighted by Crippen LogP contribution is -2.23. The average Bonchev–Trinajstić information content (AvgIpc) is 3.04. The number of aliphatic hydroxyl groups is 2. The van der Waals surface area contributed by atoms with E-state index in [0.717, 1.165) is 0 Å². The zero-order valence-corrected chi connectivity index (χ0v) is 13.0. The van der Waals surface area contributed by atoms with Gasteiger partial charge in [0.15, 0.2) is 0 Å². The molecule has 0 aliphatic carbocycles. The van der Waals surface area contributed by atoms with Crippen LogP contribution in [0.5, 0.6) is 0 Å². The average molecular weight is 334 g/mol. The molecule has 1 aromatic heterocycles. The maximum Gasteiger partial charge on any atom is 0.353 e. The number of H-pyrrole nitrogens is 1. The summed E-state index contributed by atoms with van der Waals surface area (Å²) in [6.07, 6.45) is -2.82. The van der Waals surface area contributed by atoms with Crippen LogP contribution in [0.2, 0.25) is 0 Å². The van der Waals surface area contributed by atoms with E-state index < -0.39 is 24.1 Å². The van der Waals surface area contributed by atoms with E-state index >= 15 is 0 Å². The summed E-state index contributed by atoms with van der Waals surface area (Å²) in [4.78, 5) is 22.2. The summed E-state index contributed by atoms with van der Waals surface area (Å²) in [5.41, 5.74) is 1.48. The molecule has 0 aliphatic rings. The molecular formula is C16H18N2O6. The Kier molecular flexibility index (Phi) is 5.67. The van der Waals surface area contributed by atoms with Crippen LogP contribution < -0.4 is 0 Å². The summed E-state index contributed by atoms with van der Waals surface area (Å²) >= 11 is 0. The number of carbonyl (C=O) groups excluding carboxylic acids is 1. The van der Waals surface area contributed by atoms with Crippen molar-refractivity contribution in [3.63, 3.8) is 0 Å². The number of carboxylic acids is 1. The van der Waals surface area contributed by atoms with Crippen LogP contribution in [0.25, 0.3) is 11.3 Å². The highest BCUT2D eigenvalue weighted by atomic mass is 16.5.